The van der Waals surface area contributed by atoms with E-state index in [0.717, 1.165) is 17.0 Å². The number of aromatic nitrogens is 1. The van der Waals surface area contributed by atoms with Crippen LogP contribution in [0.2, 0.25) is 0 Å². The molecule has 2 rings (SSSR count). The van der Waals surface area contributed by atoms with Gasteiger partial charge in [0.1, 0.15) is 10.8 Å². The minimum Gasteiger partial charge on any atom is -0.357 e. The van der Waals surface area contributed by atoms with Crippen molar-refractivity contribution in [2.24, 2.45) is 4.99 Å². The molecule has 0 aliphatic rings. The first-order valence-corrected chi connectivity index (χ1v) is 11.5. The van der Waals surface area contributed by atoms with Crippen molar-refractivity contribution in [3.63, 3.8) is 0 Å². The Balaban J connectivity index is 0.00000392. The van der Waals surface area contributed by atoms with Gasteiger partial charge in [0, 0.05) is 17.7 Å². The molecule has 0 fully saturated rings. The number of hydrogen-bond donors (Lipinski definition) is 2. The molecular formula is C18H26FIN4O2S2. The van der Waals surface area contributed by atoms with Gasteiger partial charge in [-0.2, -0.15) is 0 Å². The lowest BCUT2D eigenvalue weighted by atomic mass is 10.1. The van der Waals surface area contributed by atoms with Gasteiger partial charge in [-0.3, -0.25) is 0 Å². The molecule has 10 heteroatoms. The first-order valence-electron chi connectivity index (χ1n) is 8.58. The molecule has 156 valence electrons. The number of nitrogens with zero attached hydrogens (tertiary/aromatic N) is 2. The molecule has 2 aromatic rings. The topological polar surface area (TPSA) is 83.5 Å². The summed E-state index contributed by atoms with van der Waals surface area (Å²) in [6.45, 7) is 7.33. The lowest BCUT2D eigenvalue weighted by molar-refractivity contribution is 0.600. The van der Waals surface area contributed by atoms with E-state index in [-0.39, 0.29) is 36.3 Å². The smallest absolute Gasteiger partial charge is 0.191 e. The molecular weight excluding hydrogens is 514 g/mol. The number of aryl methyl sites for hydroxylation is 2. The number of halogens is 2. The molecule has 28 heavy (non-hydrogen) atoms. The zero-order valence-corrected chi connectivity index (χ0v) is 20.3. The molecule has 0 spiro atoms. The molecule has 0 saturated carbocycles. The molecule has 0 amide bonds. The van der Waals surface area contributed by atoms with E-state index in [1.54, 1.807) is 11.3 Å². The largest absolute Gasteiger partial charge is 0.357 e. The maximum atomic E-state index is 13.6. The quantitative estimate of drug-likeness (QED) is 0.320. The molecule has 2 N–H and O–H groups in total. The predicted octanol–water partition coefficient (Wildman–Crippen LogP) is 3.32. The first-order chi connectivity index (χ1) is 12.7. The Kier molecular flexibility index (Phi) is 9.78. The van der Waals surface area contributed by atoms with Gasteiger partial charge < -0.3 is 10.6 Å². The Morgan fingerprint density at radius 2 is 1.96 bits per heavy atom. The van der Waals surface area contributed by atoms with Crippen molar-refractivity contribution in [1.29, 1.82) is 0 Å². The highest BCUT2D eigenvalue weighted by atomic mass is 127. The monoisotopic (exact) mass is 540 g/mol. The standard InChI is InChI=1S/C18H25FN4O2S2.HI/c1-5-20-18(22-10-17-23-12(2)13(3)26-17)21-9-15-8-16(19)7-6-14(15)11-27(4,24)25;/h6-8H,5,9-11H2,1-4H3,(H2,20,21,22);1H. The summed E-state index contributed by atoms with van der Waals surface area (Å²) < 4.78 is 36.8. The number of nitrogens with one attached hydrogen (secondary N) is 2. The zero-order chi connectivity index (χ0) is 20.0. The van der Waals surface area contributed by atoms with Gasteiger partial charge >= 0.3 is 0 Å². The fourth-order valence-corrected chi connectivity index (χ4v) is 4.17. The van der Waals surface area contributed by atoms with Crippen LogP contribution >= 0.6 is 35.3 Å². The van der Waals surface area contributed by atoms with Crippen molar-refractivity contribution in [2.45, 2.75) is 39.6 Å². The third-order valence-corrected chi connectivity index (χ3v) is 5.73. The Morgan fingerprint density at radius 1 is 1.25 bits per heavy atom. The van der Waals surface area contributed by atoms with Gasteiger partial charge in [0.25, 0.3) is 0 Å². The van der Waals surface area contributed by atoms with Crippen LogP contribution in [-0.4, -0.2) is 32.2 Å². The molecule has 1 heterocycles. The third-order valence-electron chi connectivity index (χ3n) is 3.82. The van der Waals surface area contributed by atoms with E-state index in [2.05, 4.69) is 20.6 Å². The Bertz CT molecular complexity index is 910. The highest BCUT2D eigenvalue weighted by molar-refractivity contribution is 14.0. The molecule has 1 aromatic heterocycles. The first kappa shape index (κ1) is 24.8. The fraction of sp³-hybridized carbons (Fsp3) is 0.444. The second kappa shape index (κ2) is 11.1. The van der Waals surface area contributed by atoms with Gasteiger partial charge in [-0.05, 0) is 44.0 Å². The van der Waals surface area contributed by atoms with Crippen LogP contribution < -0.4 is 10.6 Å². The van der Waals surface area contributed by atoms with Crippen LogP contribution in [0, 0.1) is 19.7 Å². The molecule has 0 saturated heterocycles. The Labute approximate surface area is 187 Å². The molecule has 0 aliphatic carbocycles. The van der Waals surface area contributed by atoms with Crippen molar-refractivity contribution >= 4 is 51.1 Å². The number of benzene rings is 1. The number of thiazole rings is 1. The lowest BCUT2D eigenvalue weighted by Crippen LogP contribution is -2.36. The molecule has 0 unspecified atom stereocenters. The Morgan fingerprint density at radius 3 is 2.54 bits per heavy atom. The molecule has 1 aromatic carbocycles. The van der Waals surface area contributed by atoms with Crippen LogP contribution in [0.25, 0.3) is 0 Å². The minimum atomic E-state index is -3.22. The van der Waals surface area contributed by atoms with Crippen LogP contribution in [0.4, 0.5) is 4.39 Å². The fourth-order valence-electron chi connectivity index (χ4n) is 2.45. The number of guanidine groups is 1. The van der Waals surface area contributed by atoms with Crippen LogP contribution in [0.5, 0.6) is 0 Å². The van der Waals surface area contributed by atoms with Gasteiger partial charge in [0.15, 0.2) is 15.8 Å². The highest BCUT2D eigenvalue weighted by Crippen LogP contribution is 2.17. The van der Waals surface area contributed by atoms with E-state index in [1.807, 2.05) is 20.8 Å². The summed E-state index contributed by atoms with van der Waals surface area (Å²) >= 11 is 1.63. The lowest BCUT2D eigenvalue weighted by Gasteiger charge is -2.12. The number of aliphatic imine (C=N–C) groups is 1. The van der Waals surface area contributed by atoms with E-state index in [1.165, 1.54) is 23.1 Å². The number of sulfone groups is 1. The van der Waals surface area contributed by atoms with Crippen molar-refractivity contribution in [3.05, 3.63) is 50.7 Å². The summed E-state index contributed by atoms with van der Waals surface area (Å²) in [4.78, 5) is 10.1. The third kappa shape index (κ3) is 8.00. The molecule has 0 aliphatic heterocycles. The van der Waals surface area contributed by atoms with Crippen LogP contribution in [0.3, 0.4) is 0 Å². The van der Waals surface area contributed by atoms with Gasteiger partial charge in [0.05, 0.1) is 24.5 Å². The minimum absolute atomic E-state index is 0. The Hall–Kier alpha value is -1.27. The van der Waals surface area contributed by atoms with Crippen LogP contribution in [0.15, 0.2) is 23.2 Å². The maximum Gasteiger partial charge on any atom is 0.191 e. The molecule has 6 nitrogen and oxygen atoms in total. The van der Waals surface area contributed by atoms with E-state index >= 15 is 0 Å². The summed E-state index contributed by atoms with van der Waals surface area (Å²) in [6.07, 6.45) is 1.16. The van der Waals surface area contributed by atoms with Gasteiger partial charge in [-0.15, -0.1) is 35.3 Å². The normalized spacial score (nSPS) is 11.8. The molecule has 0 radical (unpaired) electrons. The maximum absolute atomic E-state index is 13.6. The summed E-state index contributed by atoms with van der Waals surface area (Å²) in [6, 6.07) is 4.11. The van der Waals surface area contributed by atoms with Crippen molar-refractivity contribution in [3.8, 4) is 0 Å². The second-order valence-corrected chi connectivity index (χ2v) is 9.71. The molecule has 0 bridgehead atoms. The van der Waals surface area contributed by atoms with E-state index in [9.17, 15) is 12.8 Å². The SMILES string of the molecule is CCNC(=NCc1cc(F)ccc1CS(C)(=O)=O)NCc1nc(C)c(C)s1.I. The summed E-state index contributed by atoms with van der Waals surface area (Å²) in [5.74, 6) is 0.0153. The zero-order valence-electron chi connectivity index (χ0n) is 16.4. The molecule has 0 atom stereocenters. The summed E-state index contributed by atoms with van der Waals surface area (Å²) in [7, 11) is -3.22. The van der Waals surface area contributed by atoms with Gasteiger partial charge in [-0.25, -0.2) is 22.8 Å². The predicted molar refractivity (Wildman–Crippen MR) is 124 cm³/mol. The van der Waals surface area contributed by atoms with Crippen molar-refractivity contribution in [2.75, 3.05) is 12.8 Å². The average Bonchev–Trinajstić information content (AvgIpc) is 2.89. The summed E-state index contributed by atoms with van der Waals surface area (Å²) in [5, 5.41) is 7.29. The van der Waals surface area contributed by atoms with Gasteiger partial charge in [0.2, 0.25) is 0 Å². The van der Waals surface area contributed by atoms with E-state index in [4.69, 9.17) is 0 Å². The average molecular weight is 540 g/mol. The van der Waals surface area contributed by atoms with Crippen molar-refractivity contribution < 1.29 is 12.8 Å². The van der Waals surface area contributed by atoms with Crippen molar-refractivity contribution in [1.82, 2.24) is 15.6 Å². The van der Waals surface area contributed by atoms with Gasteiger partial charge in [-0.1, -0.05) is 6.07 Å². The van der Waals surface area contributed by atoms with Crippen LogP contribution in [-0.2, 0) is 28.7 Å². The van der Waals surface area contributed by atoms with Crippen LogP contribution in [0.1, 0.15) is 33.6 Å². The number of hydrogen-bond acceptors (Lipinski definition) is 5. The summed E-state index contributed by atoms with van der Waals surface area (Å²) in [5.41, 5.74) is 2.13. The van der Waals surface area contributed by atoms with E-state index in [0.29, 0.717) is 30.2 Å². The highest BCUT2D eigenvalue weighted by Gasteiger charge is 2.11. The number of rotatable bonds is 7. The van der Waals surface area contributed by atoms with E-state index < -0.39 is 15.7 Å². The second-order valence-electron chi connectivity index (χ2n) is 6.28.